The molecular weight excluding hydrogens is 505 g/mol. The van der Waals surface area contributed by atoms with Gasteiger partial charge in [-0.3, -0.25) is 4.79 Å². The Morgan fingerprint density at radius 1 is 1.13 bits per heavy atom. The SMILES string of the molecule is O=C(NCCNc1cc(-c2ccccc2Cl)nc2c(Br)cnn12)c1ccc(OCl)cc1. The second-order valence-corrected chi connectivity index (χ2v) is 7.93. The number of nitrogens with one attached hydrogen (secondary N) is 2. The fourth-order valence-corrected chi connectivity index (χ4v) is 3.68. The maximum absolute atomic E-state index is 12.3. The van der Waals surface area contributed by atoms with Gasteiger partial charge in [-0.25, -0.2) is 4.98 Å². The molecule has 0 bridgehead atoms. The van der Waals surface area contributed by atoms with Gasteiger partial charge in [-0.05, 0) is 46.3 Å². The van der Waals surface area contributed by atoms with E-state index in [1.54, 1.807) is 35.0 Å². The van der Waals surface area contributed by atoms with E-state index in [0.29, 0.717) is 40.8 Å². The molecule has 2 heterocycles. The summed E-state index contributed by atoms with van der Waals surface area (Å²) in [7, 11) is 0. The Morgan fingerprint density at radius 2 is 1.90 bits per heavy atom. The Labute approximate surface area is 196 Å². The number of carbonyl (C=O) groups is 1. The number of carbonyl (C=O) groups excluding carboxylic acids is 1. The van der Waals surface area contributed by atoms with Crippen molar-refractivity contribution in [2.24, 2.45) is 0 Å². The highest BCUT2D eigenvalue weighted by atomic mass is 79.9. The Balaban J connectivity index is 1.48. The van der Waals surface area contributed by atoms with Gasteiger partial charge in [0.15, 0.2) is 5.65 Å². The van der Waals surface area contributed by atoms with Gasteiger partial charge >= 0.3 is 0 Å². The third-order valence-corrected chi connectivity index (χ3v) is 5.57. The molecule has 2 aromatic heterocycles. The second-order valence-electron chi connectivity index (χ2n) is 6.52. The highest BCUT2D eigenvalue weighted by Crippen LogP contribution is 2.30. The molecule has 2 N–H and O–H groups in total. The molecule has 0 atom stereocenters. The predicted octanol–water partition coefficient (Wildman–Crippen LogP) is 5.19. The predicted molar refractivity (Wildman–Crippen MR) is 125 cm³/mol. The van der Waals surface area contributed by atoms with E-state index < -0.39 is 0 Å². The Morgan fingerprint density at radius 3 is 2.65 bits per heavy atom. The average molecular weight is 521 g/mol. The quantitative estimate of drug-likeness (QED) is 0.328. The van der Waals surface area contributed by atoms with Crippen LogP contribution < -0.4 is 14.9 Å². The molecule has 0 saturated heterocycles. The highest BCUT2D eigenvalue weighted by Gasteiger charge is 2.13. The zero-order valence-corrected chi connectivity index (χ0v) is 19.1. The van der Waals surface area contributed by atoms with Crippen LogP contribution in [-0.4, -0.2) is 33.6 Å². The van der Waals surface area contributed by atoms with Crippen molar-refractivity contribution in [3.8, 4) is 17.0 Å². The van der Waals surface area contributed by atoms with Crippen molar-refractivity contribution in [2.75, 3.05) is 18.4 Å². The number of nitrogens with zero attached hydrogens (tertiary/aromatic N) is 3. The molecule has 158 valence electrons. The third kappa shape index (κ3) is 4.76. The van der Waals surface area contributed by atoms with E-state index in [1.807, 2.05) is 30.3 Å². The molecule has 7 nitrogen and oxygen atoms in total. The lowest BCUT2D eigenvalue weighted by Crippen LogP contribution is -2.29. The van der Waals surface area contributed by atoms with Crippen molar-refractivity contribution >= 4 is 56.8 Å². The van der Waals surface area contributed by atoms with Crippen LogP contribution in [0, 0.1) is 0 Å². The maximum atomic E-state index is 12.3. The zero-order valence-electron chi connectivity index (χ0n) is 16.0. The van der Waals surface area contributed by atoms with Crippen LogP contribution in [0.5, 0.6) is 5.75 Å². The van der Waals surface area contributed by atoms with E-state index in [4.69, 9.17) is 23.5 Å². The van der Waals surface area contributed by atoms with E-state index in [9.17, 15) is 4.79 Å². The first kappa shape index (κ1) is 21.4. The molecule has 1 amide bonds. The topological polar surface area (TPSA) is 80.5 Å². The maximum Gasteiger partial charge on any atom is 0.251 e. The van der Waals surface area contributed by atoms with Gasteiger partial charge in [0.25, 0.3) is 5.91 Å². The van der Waals surface area contributed by atoms with E-state index >= 15 is 0 Å². The monoisotopic (exact) mass is 519 g/mol. The van der Waals surface area contributed by atoms with Crippen LogP contribution in [0.15, 0.2) is 65.3 Å². The fraction of sp³-hybridized carbons (Fsp3) is 0.0952. The van der Waals surface area contributed by atoms with E-state index in [0.717, 1.165) is 15.9 Å². The van der Waals surface area contributed by atoms with Crippen molar-refractivity contribution in [3.63, 3.8) is 0 Å². The summed E-state index contributed by atoms with van der Waals surface area (Å²) < 4.78 is 7.05. The van der Waals surface area contributed by atoms with Gasteiger partial charge in [-0.1, -0.05) is 29.8 Å². The van der Waals surface area contributed by atoms with E-state index in [1.165, 1.54) is 0 Å². The van der Waals surface area contributed by atoms with Gasteiger partial charge in [0.2, 0.25) is 0 Å². The van der Waals surface area contributed by atoms with Crippen molar-refractivity contribution in [3.05, 3.63) is 75.9 Å². The van der Waals surface area contributed by atoms with Crippen molar-refractivity contribution < 1.29 is 9.08 Å². The first-order valence-electron chi connectivity index (χ1n) is 9.26. The molecule has 0 aliphatic rings. The number of halogens is 3. The van der Waals surface area contributed by atoms with Gasteiger partial charge < -0.3 is 14.9 Å². The molecule has 0 radical (unpaired) electrons. The smallest absolute Gasteiger partial charge is 0.251 e. The first-order chi connectivity index (χ1) is 15.1. The van der Waals surface area contributed by atoms with Crippen LogP contribution in [-0.2, 0) is 0 Å². The Hall–Kier alpha value is -2.81. The molecule has 4 rings (SSSR count). The van der Waals surface area contributed by atoms with Gasteiger partial charge in [0, 0.05) is 35.3 Å². The number of hydrogen-bond acceptors (Lipinski definition) is 5. The average Bonchev–Trinajstić information content (AvgIpc) is 3.17. The van der Waals surface area contributed by atoms with Crippen LogP contribution >= 0.6 is 39.4 Å². The van der Waals surface area contributed by atoms with Crippen LogP contribution in [0.4, 0.5) is 5.82 Å². The molecule has 0 aliphatic carbocycles. The van der Waals surface area contributed by atoms with Crippen LogP contribution in [0.3, 0.4) is 0 Å². The van der Waals surface area contributed by atoms with Gasteiger partial charge in [0.05, 0.1) is 16.4 Å². The second kappa shape index (κ2) is 9.55. The van der Waals surface area contributed by atoms with Gasteiger partial charge in [-0.15, -0.1) is 0 Å². The zero-order chi connectivity index (χ0) is 21.8. The van der Waals surface area contributed by atoms with Gasteiger partial charge in [-0.2, -0.15) is 9.61 Å². The standard InChI is InChI=1S/C21H16BrCl2N5O2/c22-16-12-27-29-19(11-18(28-20(16)29)15-3-1-2-4-17(15)23)25-9-10-26-21(30)13-5-7-14(31-24)8-6-13/h1-8,11-12,25H,9-10H2,(H,26,30). The third-order valence-electron chi connectivity index (χ3n) is 4.50. The normalized spacial score (nSPS) is 10.8. The lowest BCUT2D eigenvalue weighted by molar-refractivity contribution is 0.0955. The van der Waals surface area contributed by atoms with Crippen LogP contribution in [0.1, 0.15) is 10.4 Å². The largest absolute Gasteiger partial charge is 0.386 e. The minimum Gasteiger partial charge on any atom is -0.386 e. The highest BCUT2D eigenvalue weighted by molar-refractivity contribution is 9.10. The Bertz CT molecular complexity index is 1230. The number of rotatable bonds is 7. The molecule has 0 spiro atoms. The number of amides is 1. The number of benzene rings is 2. The fourth-order valence-electron chi connectivity index (χ4n) is 3.00. The summed E-state index contributed by atoms with van der Waals surface area (Å²) in [5.74, 6) is 1.01. The summed E-state index contributed by atoms with van der Waals surface area (Å²) in [4.78, 5) is 17.0. The van der Waals surface area contributed by atoms with Crippen molar-refractivity contribution in [1.82, 2.24) is 19.9 Å². The molecule has 4 aromatic rings. The summed E-state index contributed by atoms with van der Waals surface area (Å²) in [6, 6.07) is 15.9. The summed E-state index contributed by atoms with van der Waals surface area (Å²) in [6.07, 6.45) is 1.68. The molecule has 0 saturated carbocycles. The van der Waals surface area contributed by atoms with Crippen molar-refractivity contribution in [2.45, 2.75) is 0 Å². The summed E-state index contributed by atoms with van der Waals surface area (Å²) in [5.41, 5.74) is 2.71. The van der Waals surface area contributed by atoms with E-state index in [2.05, 4.69) is 40.9 Å². The summed E-state index contributed by atoms with van der Waals surface area (Å²) >= 11 is 15.1. The minimum absolute atomic E-state index is 0.193. The lowest BCUT2D eigenvalue weighted by Gasteiger charge is -2.12. The molecule has 31 heavy (non-hydrogen) atoms. The van der Waals surface area contributed by atoms with Crippen LogP contribution in [0.2, 0.25) is 5.02 Å². The first-order valence-corrected chi connectivity index (χ1v) is 10.7. The minimum atomic E-state index is -0.193. The van der Waals surface area contributed by atoms with Crippen molar-refractivity contribution in [1.29, 1.82) is 0 Å². The molecular formula is C21H16BrCl2N5O2. The van der Waals surface area contributed by atoms with Crippen LogP contribution in [0.25, 0.3) is 16.9 Å². The number of fused-ring (bicyclic) bond motifs is 1. The van der Waals surface area contributed by atoms with Gasteiger partial charge in [0.1, 0.15) is 23.4 Å². The molecule has 0 fully saturated rings. The van der Waals surface area contributed by atoms with E-state index in [-0.39, 0.29) is 5.91 Å². The molecule has 10 heteroatoms. The molecule has 2 aromatic carbocycles. The number of anilines is 1. The lowest BCUT2D eigenvalue weighted by atomic mass is 10.1. The molecule has 0 aliphatic heterocycles. The number of aromatic nitrogens is 3. The Kier molecular flexibility index (Phi) is 6.60. The molecule has 0 unspecified atom stereocenters. The summed E-state index contributed by atoms with van der Waals surface area (Å²) in [6.45, 7) is 0.882. The number of hydrogen-bond donors (Lipinski definition) is 2. The summed E-state index contributed by atoms with van der Waals surface area (Å²) in [5, 5.41) is 11.1.